The standard InChI is InChI=1S/C21H22N6OS/c1-13-15(11-22)19-25-17-9-5-6-10-18(17)27(19)20(28)16(13)12-23-26-21(29)24-14-7-3-2-4-8-14/h5-6,9-10,12,14,23H,2-4,7-8H2,1H3,(H2,24,26,29). The summed E-state index contributed by atoms with van der Waals surface area (Å²) >= 11 is 5.34. The van der Waals surface area contributed by atoms with E-state index in [9.17, 15) is 10.1 Å². The van der Waals surface area contributed by atoms with Gasteiger partial charge in [-0.15, -0.1) is 0 Å². The Morgan fingerprint density at radius 3 is 2.83 bits per heavy atom. The predicted octanol–water partition coefficient (Wildman–Crippen LogP) is 1.79. The molecular formula is C21H22N6OS. The number of nitrogens with one attached hydrogen (secondary N) is 3. The van der Waals surface area contributed by atoms with Crippen molar-refractivity contribution in [3.05, 3.63) is 51.0 Å². The van der Waals surface area contributed by atoms with Crippen LogP contribution in [-0.4, -0.2) is 20.5 Å². The minimum Gasteiger partial charge on any atom is -0.359 e. The van der Waals surface area contributed by atoms with Crippen LogP contribution in [0.25, 0.3) is 22.9 Å². The van der Waals surface area contributed by atoms with Gasteiger partial charge in [0.05, 0.1) is 21.8 Å². The molecule has 1 saturated carbocycles. The number of nitriles is 1. The minimum atomic E-state index is -0.231. The summed E-state index contributed by atoms with van der Waals surface area (Å²) in [5.41, 5.74) is 8.31. The van der Waals surface area contributed by atoms with Crippen LogP contribution in [0.5, 0.6) is 0 Å². The zero-order valence-electron chi connectivity index (χ0n) is 16.2. The summed E-state index contributed by atoms with van der Waals surface area (Å²) in [4.78, 5) is 17.6. The van der Waals surface area contributed by atoms with E-state index in [0.717, 1.165) is 12.8 Å². The van der Waals surface area contributed by atoms with Crippen molar-refractivity contribution in [1.29, 1.82) is 5.26 Å². The van der Waals surface area contributed by atoms with E-state index in [1.54, 1.807) is 13.1 Å². The molecule has 1 aliphatic carbocycles. The molecule has 2 heterocycles. The molecule has 1 aromatic carbocycles. The third-order valence-electron chi connectivity index (χ3n) is 5.45. The van der Waals surface area contributed by atoms with Gasteiger partial charge in [-0.1, -0.05) is 31.4 Å². The van der Waals surface area contributed by atoms with Crippen LogP contribution in [0, 0.1) is 18.3 Å². The molecule has 0 aliphatic heterocycles. The molecule has 1 aliphatic rings. The van der Waals surface area contributed by atoms with Gasteiger partial charge in [0.2, 0.25) is 0 Å². The lowest BCUT2D eigenvalue weighted by Gasteiger charge is -2.24. The van der Waals surface area contributed by atoms with E-state index in [-0.39, 0.29) is 5.56 Å². The van der Waals surface area contributed by atoms with Gasteiger partial charge in [-0.25, -0.2) is 4.98 Å². The number of imidazole rings is 1. The monoisotopic (exact) mass is 406 g/mol. The minimum absolute atomic E-state index is 0.231. The molecule has 0 saturated heterocycles. The van der Waals surface area contributed by atoms with Crippen LogP contribution in [-0.2, 0) is 0 Å². The number of hydrogen-bond donors (Lipinski definition) is 3. The van der Waals surface area contributed by atoms with Gasteiger partial charge in [-0.05, 0) is 49.7 Å². The molecule has 7 nitrogen and oxygen atoms in total. The summed E-state index contributed by atoms with van der Waals surface area (Å²) < 4.78 is 1.49. The molecule has 0 atom stereocenters. The lowest BCUT2D eigenvalue weighted by atomic mass is 9.96. The number of nitrogens with zero attached hydrogens (tertiary/aromatic N) is 3. The summed E-state index contributed by atoms with van der Waals surface area (Å²) in [6.07, 6.45) is 7.50. The molecule has 0 bridgehead atoms. The van der Waals surface area contributed by atoms with Crippen LogP contribution in [0.4, 0.5) is 0 Å². The van der Waals surface area contributed by atoms with Gasteiger partial charge in [-0.2, -0.15) is 5.26 Å². The molecule has 0 amide bonds. The molecule has 1 fully saturated rings. The SMILES string of the molecule is Cc1c(C#N)c2nc3ccccc3n2c(=O)c1=CNNC(=S)NC1CCCCC1. The van der Waals surface area contributed by atoms with E-state index in [1.165, 1.54) is 23.7 Å². The zero-order chi connectivity index (χ0) is 20.4. The Balaban J connectivity index is 1.66. The predicted molar refractivity (Wildman–Crippen MR) is 117 cm³/mol. The first-order valence-electron chi connectivity index (χ1n) is 9.76. The van der Waals surface area contributed by atoms with Crippen LogP contribution < -0.4 is 26.9 Å². The van der Waals surface area contributed by atoms with Gasteiger partial charge >= 0.3 is 0 Å². The summed E-state index contributed by atoms with van der Waals surface area (Å²) in [6.45, 7) is 1.76. The molecule has 0 unspecified atom stereocenters. The molecular weight excluding hydrogens is 384 g/mol. The number of hydrazine groups is 1. The van der Waals surface area contributed by atoms with Crippen LogP contribution >= 0.6 is 12.2 Å². The fraction of sp³-hybridized carbons (Fsp3) is 0.333. The van der Waals surface area contributed by atoms with Crippen molar-refractivity contribution in [2.24, 2.45) is 0 Å². The van der Waals surface area contributed by atoms with Crippen LogP contribution in [0.2, 0.25) is 0 Å². The van der Waals surface area contributed by atoms with Gasteiger partial charge in [0, 0.05) is 12.2 Å². The summed E-state index contributed by atoms with van der Waals surface area (Å²) in [7, 11) is 0. The average Bonchev–Trinajstić information content (AvgIpc) is 3.11. The number of hydrogen-bond acceptors (Lipinski definition) is 5. The second-order valence-corrected chi connectivity index (χ2v) is 7.72. The third kappa shape index (κ3) is 3.61. The number of para-hydroxylation sites is 2. The van der Waals surface area contributed by atoms with Gasteiger partial charge in [0.1, 0.15) is 6.07 Å². The highest BCUT2D eigenvalue weighted by Crippen LogP contribution is 2.18. The molecule has 148 valence electrons. The molecule has 4 rings (SSSR count). The fourth-order valence-corrected chi connectivity index (χ4v) is 4.15. The first-order valence-corrected chi connectivity index (χ1v) is 10.2. The maximum absolute atomic E-state index is 13.2. The Morgan fingerprint density at radius 1 is 1.31 bits per heavy atom. The Hall–Kier alpha value is -3.18. The number of pyridine rings is 1. The average molecular weight is 407 g/mol. The third-order valence-corrected chi connectivity index (χ3v) is 5.67. The number of aromatic nitrogens is 2. The first-order chi connectivity index (χ1) is 14.1. The largest absolute Gasteiger partial charge is 0.359 e. The second kappa shape index (κ2) is 8.05. The quantitative estimate of drug-likeness (QED) is 0.451. The van der Waals surface area contributed by atoms with Gasteiger partial charge < -0.3 is 10.7 Å². The highest BCUT2D eigenvalue weighted by Gasteiger charge is 2.16. The summed E-state index contributed by atoms with van der Waals surface area (Å²) in [5.74, 6) is 0. The molecule has 0 spiro atoms. The molecule has 8 heteroatoms. The summed E-state index contributed by atoms with van der Waals surface area (Å²) in [5, 5.41) is 13.9. The van der Waals surface area contributed by atoms with E-state index in [1.807, 2.05) is 24.3 Å². The molecule has 3 N–H and O–H groups in total. The van der Waals surface area contributed by atoms with Crippen molar-refractivity contribution in [2.45, 2.75) is 45.1 Å². The molecule has 2 aromatic heterocycles. The van der Waals surface area contributed by atoms with Crippen molar-refractivity contribution in [1.82, 2.24) is 25.6 Å². The van der Waals surface area contributed by atoms with Crippen LogP contribution in [0.3, 0.4) is 0 Å². The van der Waals surface area contributed by atoms with Crippen molar-refractivity contribution >= 4 is 40.2 Å². The molecule has 3 aromatic rings. The van der Waals surface area contributed by atoms with E-state index >= 15 is 0 Å². The number of thiocarbonyl (C=S) groups is 1. The number of fused-ring (bicyclic) bond motifs is 3. The fourth-order valence-electron chi connectivity index (χ4n) is 3.93. The normalized spacial score (nSPS) is 15.4. The highest BCUT2D eigenvalue weighted by molar-refractivity contribution is 7.80. The van der Waals surface area contributed by atoms with Crippen LogP contribution in [0.1, 0.15) is 43.2 Å². The molecule has 29 heavy (non-hydrogen) atoms. The maximum atomic E-state index is 13.2. The van der Waals surface area contributed by atoms with Gasteiger partial charge in [0.15, 0.2) is 10.8 Å². The number of benzene rings is 1. The summed E-state index contributed by atoms with van der Waals surface area (Å²) in [6, 6.07) is 9.94. The van der Waals surface area contributed by atoms with Gasteiger partial charge in [-0.3, -0.25) is 14.6 Å². The van der Waals surface area contributed by atoms with Crippen LogP contribution in [0.15, 0.2) is 29.1 Å². The Labute approximate surface area is 173 Å². The zero-order valence-corrected chi connectivity index (χ0v) is 17.0. The molecule has 0 radical (unpaired) electrons. The van der Waals surface area contributed by atoms with E-state index in [0.29, 0.717) is 44.2 Å². The smallest absolute Gasteiger partial charge is 0.265 e. The van der Waals surface area contributed by atoms with Crippen molar-refractivity contribution in [2.75, 3.05) is 0 Å². The maximum Gasteiger partial charge on any atom is 0.265 e. The van der Waals surface area contributed by atoms with E-state index < -0.39 is 0 Å². The van der Waals surface area contributed by atoms with Crippen molar-refractivity contribution in [3.63, 3.8) is 0 Å². The van der Waals surface area contributed by atoms with Crippen molar-refractivity contribution < 1.29 is 0 Å². The van der Waals surface area contributed by atoms with Gasteiger partial charge in [0.25, 0.3) is 5.56 Å². The lowest BCUT2D eigenvalue weighted by molar-refractivity contribution is 0.411. The highest BCUT2D eigenvalue weighted by atomic mass is 32.1. The lowest BCUT2D eigenvalue weighted by Crippen LogP contribution is -2.47. The van der Waals surface area contributed by atoms with E-state index in [2.05, 4.69) is 27.2 Å². The Kier molecular flexibility index (Phi) is 5.32. The Morgan fingerprint density at radius 2 is 2.07 bits per heavy atom. The number of rotatable bonds is 3. The first kappa shape index (κ1) is 19.2. The topological polar surface area (TPSA) is 94.2 Å². The van der Waals surface area contributed by atoms with Crippen molar-refractivity contribution in [3.8, 4) is 6.07 Å². The van der Waals surface area contributed by atoms with E-state index in [4.69, 9.17) is 12.2 Å². The Bertz CT molecular complexity index is 1240. The second-order valence-electron chi connectivity index (χ2n) is 7.31.